The highest BCUT2D eigenvalue weighted by Crippen LogP contribution is 2.23. The number of hydrogen-bond acceptors (Lipinski definition) is 6. The van der Waals surface area contributed by atoms with Gasteiger partial charge in [-0.15, -0.1) is 11.3 Å². The molecule has 0 radical (unpaired) electrons. The first-order valence-electron chi connectivity index (χ1n) is 9.30. The van der Waals surface area contributed by atoms with E-state index >= 15 is 0 Å². The van der Waals surface area contributed by atoms with E-state index in [1.165, 1.54) is 11.3 Å². The molecule has 0 saturated carbocycles. The summed E-state index contributed by atoms with van der Waals surface area (Å²) >= 11 is 1.45. The number of carbonyl (C=O) groups excluding carboxylic acids is 2. The van der Waals surface area contributed by atoms with Gasteiger partial charge in [0, 0.05) is 49.7 Å². The summed E-state index contributed by atoms with van der Waals surface area (Å²) in [6, 6.07) is 3.50. The number of pyridine rings is 1. The van der Waals surface area contributed by atoms with E-state index in [2.05, 4.69) is 15.4 Å². The summed E-state index contributed by atoms with van der Waals surface area (Å²) in [5.74, 6) is -0.0956. The minimum atomic E-state index is -0.285. The van der Waals surface area contributed by atoms with Crippen molar-refractivity contribution in [2.45, 2.75) is 19.4 Å². The second-order valence-corrected chi connectivity index (χ2v) is 8.17. The molecule has 9 heteroatoms. The average Bonchev–Trinajstić information content (AvgIpc) is 3.43. The fourth-order valence-electron chi connectivity index (χ4n) is 3.41. The lowest BCUT2D eigenvalue weighted by Crippen LogP contribution is -2.38. The summed E-state index contributed by atoms with van der Waals surface area (Å²) in [5.41, 5.74) is 8.98. The minimum Gasteiger partial charge on any atom is -0.383 e. The van der Waals surface area contributed by atoms with Gasteiger partial charge in [-0.2, -0.15) is 5.10 Å². The van der Waals surface area contributed by atoms with Gasteiger partial charge in [-0.3, -0.25) is 14.3 Å². The minimum absolute atomic E-state index is 0.0135. The van der Waals surface area contributed by atoms with E-state index in [0.717, 1.165) is 21.6 Å². The van der Waals surface area contributed by atoms with Crippen molar-refractivity contribution in [2.75, 3.05) is 18.8 Å². The Morgan fingerprint density at radius 1 is 1.28 bits per heavy atom. The molecule has 0 aromatic carbocycles. The van der Waals surface area contributed by atoms with Gasteiger partial charge in [-0.1, -0.05) is 0 Å². The van der Waals surface area contributed by atoms with Crippen LogP contribution in [-0.2, 0) is 7.05 Å². The van der Waals surface area contributed by atoms with Crippen molar-refractivity contribution in [3.8, 4) is 11.1 Å². The number of likely N-dealkylation sites (tertiary alicyclic amines) is 1. The molecule has 2 amide bonds. The van der Waals surface area contributed by atoms with Crippen LogP contribution >= 0.6 is 11.3 Å². The molecule has 0 unspecified atom stereocenters. The van der Waals surface area contributed by atoms with Crippen LogP contribution in [0.25, 0.3) is 11.1 Å². The highest BCUT2D eigenvalue weighted by molar-refractivity contribution is 7.12. The molecule has 150 valence electrons. The van der Waals surface area contributed by atoms with Gasteiger partial charge in [0.2, 0.25) is 0 Å². The van der Waals surface area contributed by atoms with Crippen molar-refractivity contribution >= 4 is 29.0 Å². The molecule has 3 N–H and O–H groups in total. The van der Waals surface area contributed by atoms with Crippen molar-refractivity contribution in [1.29, 1.82) is 0 Å². The summed E-state index contributed by atoms with van der Waals surface area (Å²) in [4.78, 5) is 32.1. The summed E-state index contributed by atoms with van der Waals surface area (Å²) in [5, 5.41) is 9.10. The Balaban J connectivity index is 1.44. The van der Waals surface area contributed by atoms with E-state index in [1.54, 1.807) is 28.0 Å². The van der Waals surface area contributed by atoms with Crippen molar-refractivity contribution in [2.24, 2.45) is 7.05 Å². The molecule has 0 spiro atoms. The third-order valence-electron chi connectivity index (χ3n) is 4.95. The number of anilines is 1. The lowest BCUT2D eigenvalue weighted by atomic mass is 10.1. The maximum atomic E-state index is 12.8. The van der Waals surface area contributed by atoms with Crippen LogP contribution in [0.3, 0.4) is 0 Å². The molecule has 4 heterocycles. The number of nitrogens with one attached hydrogen (secondary N) is 1. The molecule has 3 aromatic rings. The molecule has 3 aromatic heterocycles. The Morgan fingerprint density at radius 2 is 2.10 bits per heavy atom. The van der Waals surface area contributed by atoms with E-state index in [9.17, 15) is 9.59 Å². The van der Waals surface area contributed by atoms with Crippen molar-refractivity contribution < 1.29 is 9.59 Å². The van der Waals surface area contributed by atoms with Crippen LogP contribution in [0, 0.1) is 6.92 Å². The van der Waals surface area contributed by atoms with Gasteiger partial charge >= 0.3 is 0 Å². The van der Waals surface area contributed by atoms with Crippen molar-refractivity contribution in [1.82, 2.24) is 25.0 Å². The fourth-order valence-corrected chi connectivity index (χ4v) is 4.28. The smallest absolute Gasteiger partial charge is 0.263 e. The number of aryl methyl sites for hydroxylation is 2. The van der Waals surface area contributed by atoms with Crippen LogP contribution in [-0.4, -0.2) is 50.6 Å². The Hall–Kier alpha value is -3.20. The third-order valence-corrected chi connectivity index (χ3v) is 5.99. The maximum Gasteiger partial charge on any atom is 0.263 e. The van der Waals surface area contributed by atoms with E-state index < -0.39 is 0 Å². The molecular formula is C20H22N6O2S. The number of thiophene rings is 1. The van der Waals surface area contributed by atoms with Gasteiger partial charge < -0.3 is 16.0 Å². The third kappa shape index (κ3) is 4.00. The number of amides is 2. The Labute approximate surface area is 172 Å². The number of nitrogens with two attached hydrogens (primary N) is 1. The van der Waals surface area contributed by atoms with Crippen LogP contribution in [0.2, 0.25) is 0 Å². The molecule has 1 fully saturated rings. The SMILES string of the molecule is Cc1csc(C(=O)N2CC[C@@H](NC(=O)c3cc(-c4cnn(C)c4)cnc3N)C2)c1. The predicted octanol–water partition coefficient (Wildman–Crippen LogP) is 2.08. The monoisotopic (exact) mass is 410 g/mol. The second-order valence-electron chi connectivity index (χ2n) is 7.26. The largest absolute Gasteiger partial charge is 0.383 e. The standard InChI is InChI=1S/C20H22N6O2S/c1-12-5-17(29-11-12)20(28)26-4-3-15(10-26)24-19(27)16-6-13(7-22-18(16)21)14-8-23-25(2)9-14/h5-9,11,15H,3-4,10H2,1-2H3,(H2,21,22)(H,24,27)/t15-/m1/s1. The molecule has 1 saturated heterocycles. The highest BCUT2D eigenvalue weighted by atomic mass is 32.1. The first-order chi connectivity index (χ1) is 13.9. The van der Waals surface area contributed by atoms with Crippen LogP contribution < -0.4 is 11.1 Å². The molecule has 1 aliphatic heterocycles. The Kier molecular flexibility index (Phi) is 5.06. The number of nitrogens with zero attached hydrogens (tertiary/aromatic N) is 4. The summed E-state index contributed by atoms with van der Waals surface area (Å²) in [6.45, 7) is 3.07. The average molecular weight is 411 g/mol. The molecular weight excluding hydrogens is 388 g/mol. The lowest BCUT2D eigenvalue weighted by Gasteiger charge is -2.17. The summed E-state index contributed by atoms with van der Waals surface area (Å²) in [6.07, 6.45) is 5.89. The summed E-state index contributed by atoms with van der Waals surface area (Å²) in [7, 11) is 1.83. The maximum absolute atomic E-state index is 12.8. The number of nitrogen functional groups attached to an aromatic ring is 1. The molecule has 8 nitrogen and oxygen atoms in total. The van der Waals surface area contributed by atoms with E-state index in [-0.39, 0.29) is 23.7 Å². The molecule has 0 bridgehead atoms. The van der Waals surface area contributed by atoms with E-state index in [0.29, 0.717) is 25.1 Å². The van der Waals surface area contributed by atoms with Gasteiger partial charge in [0.1, 0.15) is 5.82 Å². The van der Waals surface area contributed by atoms with Crippen LogP contribution in [0.5, 0.6) is 0 Å². The second kappa shape index (κ2) is 7.67. The van der Waals surface area contributed by atoms with Gasteiger partial charge in [0.05, 0.1) is 16.6 Å². The van der Waals surface area contributed by atoms with Gasteiger partial charge in [0.25, 0.3) is 11.8 Å². The number of carbonyl (C=O) groups is 2. The zero-order chi connectivity index (χ0) is 20.5. The molecule has 1 aliphatic rings. The van der Waals surface area contributed by atoms with Gasteiger partial charge in [0.15, 0.2) is 0 Å². The first-order valence-corrected chi connectivity index (χ1v) is 10.2. The fraction of sp³-hybridized carbons (Fsp3) is 0.300. The Morgan fingerprint density at radius 3 is 2.79 bits per heavy atom. The lowest BCUT2D eigenvalue weighted by molar-refractivity contribution is 0.0787. The van der Waals surface area contributed by atoms with E-state index in [4.69, 9.17) is 5.73 Å². The molecule has 4 rings (SSSR count). The van der Waals surface area contributed by atoms with Gasteiger partial charge in [-0.25, -0.2) is 4.98 Å². The topological polar surface area (TPSA) is 106 Å². The summed E-state index contributed by atoms with van der Waals surface area (Å²) < 4.78 is 1.69. The zero-order valence-electron chi connectivity index (χ0n) is 16.3. The predicted molar refractivity (Wildman–Crippen MR) is 112 cm³/mol. The van der Waals surface area contributed by atoms with E-state index in [1.807, 2.05) is 31.6 Å². The zero-order valence-corrected chi connectivity index (χ0v) is 17.1. The molecule has 0 aliphatic carbocycles. The quantitative estimate of drug-likeness (QED) is 0.685. The number of hydrogen-bond donors (Lipinski definition) is 2. The normalized spacial score (nSPS) is 16.2. The number of aromatic nitrogens is 3. The van der Waals surface area contributed by atoms with Crippen LogP contribution in [0.15, 0.2) is 36.1 Å². The van der Waals surface area contributed by atoms with Crippen molar-refractivity contribution in [3.63, 3.8) is 0 Å². The molecule has 1 atom stereocenters. The van der Waals surface area contributed by atoms with Crippen LogP contribution in [0.1, 0.15) is 32.0 Å². The van der Waals surface area contributed by atoms with Crippen LogP contribution in [0.4, 0.5) is 5.82 Å². The van der Waals surface area contributed by atoms with Crippen molar-refractivity contribution in [3.05, 3.63) is 52.1 Å². The highest BCUT2D eigenvalue weighted by Gasteiger charge is 2.29. The first kappa shape index (κ1) is 19.1. The number of rotatable bonds is 4. The Bertz CT molecular complexity index is 1070. The molecule has 29 heavy (non-hydrogen) atoms. The van der Waals surface area contributed by atoms with Gasteiger partial charge in [-0.05, 0) is 36.4 Å².